The number of para-hydroxylation sites is 2. The van der Waals surface area contributed by atoms with E-state index in [1.54, 1.807) is 5.06 Å². The number of rotatable bonds is 2. The van der Waals surface area contributed by atoms with E-state index < -0.39 is 0 Å². The highest BCUT2D eigenvalue weighted by Gasteiger charge is 2.35. The lowest BCUT2D eigenvalue weighted by atomic mass is 9.89. The van der Waals surface area contributed by atoms with Gasteiger partial charge in [-0.15, -0.1) is 5.06 Å². The maximum atomic E-state index is 6.89. The van der Waals surface area contributed by atoms with E-state index in [2.05, 4.69) is 60.7 Å². The minimum atomic E-state index is 0.362. The van der Waals surface area contributed by atoms with Crippen LogP contribution in [0.3, 0.4) is 0 Å². The Labute approximate surface area is 264 Å². The van der Waals surface area contributed by atoms with Crippen molar-refractivity contribution in [2.75, 3.05) is 5.06 Å². The number of fused-ring (bicyclic) bond motifs is 13. The molecule has 212 valence electrons. The lowest BCUT2D eigenvalue weighted by molar-refractivity contribution is 0.315. The second-order valence-electron chi connectivity index (χ2n) is 11.6. The lowest BCUT2D eigenvalue weighted by Gasteiger charge is -2.32. The molecule has 2 aromatic heterocycles. The first kappa shape index (κ1) is 25.2. The van der Waals surface area contributed by atoms with Crippen LogP contribution in [-0.2, 0) is 0 Å². The van der Waals surface area contributed by atoms with Crippen LogP contribution in [0.5, 0.6) is 5.75 Å². The smallest absolute Gasteiger partial charge is 0.265 e. The monoisotopic (exact) mass is 587 g/mol. The molecular weight excluding hydrogens is 565 g/mol. The third kappa shape index (κ3) is 3.47. The van der Waals surface area contributed by atoms with Crippen LogP contribution in [0.15, 0.2) is 138 Å². The molecule has 0 atom stereocenters. The molecule has 0 spiro atoms. The fourth-order valence-corrected chi connectivity index (χ4v) is 7.03. The van der Waals surface area contributed by atoms with Crippen LogP contribution in [0, 0.1) is 0 Å². The van der Waals surface area contributed by atoms with Crippen molar-refractivity contribution < 1.29 is 9.25 Å². The molecule has 0 bridgehead atoms. The van der Waals surface area contributed by atoms with Crippen LogP contribution < -0.4 is 15.4 Å². The van der Waals surface area contributed by atoms with Crippen molar-refractivity contribution in [2.45, 2.75) is 0 Å². The normalized spacial score (nSPS) is 12.6. The molecule has 0 unspecified atom stereocenters. The fourth-order valence-electron chi connectivity index (χ4n) is 7.03. The van der Waals surface area contributed by atoms with Crippen molar-refractivity contribution in [3.63, 3.8) is 0 Å². The highest BCUT2D eigenvalue weighted by atomic mass is 16.7. The zero-order valence-corrected chi connectivity index (χ0v) is 24.4. The topological polar surface area (TPSA) is 51.4 Å². The lowest BCUT2D eigenvalue weighted by Crippen LogP contribution is -2.28. The Hall–Kier alpha value is -6.14. The number of benzene rings is 7. The van der Waals surface area contributed by atoms with E-state index in [0.29, 0.717) is 28.3 Å². The molecule has 0 saturated carbocycles. The van der Waals surface area contributed by atoms with Gasteiger partial charge in [-0.2, -0.15) is 0 Å². The van der Waals surface area contributed by atoms with Gasteiger partial charge in [0.1, 0.15) is 19.1 Å². The van der Waals surface area contributed by atoms with Gasteiger partial charge in [-0.05, 0) is 33.7 Å². The van der Waals surface area contributed by atoms with Crippen LogP contribution in [0.25, 0.3) is 76.8 Å². The Morgan fingerprint density at radius 3 is 2.15 bits per heavy atom. The second-order valence-corrected chi connectivity index (χ2v) is 11.6. The van der Waals surface area contributed by atoms with E-state index in [0.717, 1.165) is 71.4 Å². The summed E-state index contributed by atoms with van der Waals surface area (Å²) in [4.78, 5) is 17.2. The fraction of sp³-hybridized carbons (Fsp3) is 0. The molecule has 0 saturated heterocycles. The number of aromatic nitrogens is 2. The maximum absolute atomic E-state index is 6.89. The van der Waals surface area contributed by atoms with Crippen LogP contribution in [0.4, 0.5) is 11.6 Å². The molecule has 0 fully saturated rings. The van der Waals surface area contributed by atoms with Crippen molar-refractivity contribution in [2.24, 2.45) is 0 Å². The van der Waals surface area contributed by atoms with E-state index in [1.807, 2.05) is 72.8 Å². The number of nitrogens with zero attached hydrogens (tertiary/aromatic N) is 3. The van der Waals surface area contributed by atoms with E-state index in [9.17, 15) is 0 Å². The Morgan fingerprint density at radius 2 is 1.28 bits per heavy atom. The largest absolute Gasteiger partial charge is 0.454 e. The molecule has 9 aromatic rings. The van der Waals surface area contributed by atoms with Crippen molar-refractivity contribution in [3.05, 3.63) is 133 Å². The molecule has 1 aliphatic heterocycles. The summed E-state index contributed by atoms with van der Waals surface area (Å²) in [5.41, 5.74) is 7.21. The third-order valence-electron chi connectivity index (χ3n) is 9.02. The average Bonchev–Trinajstić information content (AvgIpc) is 3.51. The zero-order valence-electron chi connectivity index (χ0n) is 24.4. The predicted octanol–water partition coefficient (Wildman–Crippen LogP) is 9.41. The van der Waals surface area contributed by atoms with Crippen LogP contribution in [0.1, 0.15) is 0 Å². The minimum absolute atomic E-state index is 0.362. The van der Waals surface area contributed by atoms with Gasteiger partial charge in [0.2, 0.25) is 0 Å². The van der Waals surface area contributed by atoms with Crippen molar-refractivity contribution in [1.29, 1.82) is 0 Å². The van der Waals surface area contributed by atoms with Crippen LogP contribution in [0.2, 0.25) is 0 Å². The Bertz CT molecular complexity index is 2700. The van der Waals surface area contributed by atoms with Gasteiger partial charge in [-0.3, -0.25) is 0 Å². The molecule has 7 aromatic carbocycles. The highest BCUT2D eigenvalue weighted by molar-refractivity contribution is 6.38. The van der Waals surface area contributed by atoms with Gasteiger partial charge in [-0.1, -0.05) is 127 Å². The van der Waals surface area contributed by atoms with Crippen LogP contribution in [-0.4, -0.2) is 17.8 Å². The van der Waals surface area contributed by atoms with Gasteiger partial charge < -0.3 is 9.25 Å². The zero-order chi connectivity index (χ0) is 30.4. The summed E-state index contributed by atoms with van der Waals surface area (Å²) in [6, 6.07) is 45.1. The molecule has 3 heterocycles. The third-order valence-corrected chi connectivity index (χ3v) is 9.02. The summed E-state index contributed by atoms with van der Waals surface area (Å²) >= 11 is 0. The molecule has 0 amide bonds. The van der Waals surface area contributed by atoms with Gasteiger partial charge in [0.05, 0.1) is 11.2 Å². The summed E-state index contributed by atoms with van der Waals surface area (Å²) in [5.74, 6) is 1.07. The molecule has 2 radical (unpaired) electrons. The summed E-state index contributed by atoms with van der Waals surface area (Å²) in [6.45, 7) is 0. The maximum Gasteiger partial charge on any atom is 0.265 e. The first-order valence-electron chi connectivity index (χ1n) is 15.2. The Kier molecular flexibility index (Phi) is 5.17. The summed E-state index contributed by atoms with van der Waals surface area (Å²) in [5, 5.41) is 9.07. The Morgan fingerprint density at radius 1 is 0.565 bits per heavy atom. The first-order chi connectivity index (χ1) is 22.7. The summed E-state index contributed by atoms with van der Waals surface area (Å²) < 4.78 is 6.76. The van der Waals surface area contributed by atoms with Gasteiger partial charge in [-0.25, -0.2) is 9.97 Å². The first-order valence-corrected chi connectivity index (χ1v) is 15.2. The number of hydrogen-bond acceptors (Lipinski definition) is 5. The molecule has 10 rings (SSSR count). The van der Waals surface area contributed by atoms with Gasteiger partial charge in [0.15, 0.2) is 11.3 Å². The summed E-state index contributed by atoms with van der Waals surface area (Å²) in [7, 11) is 6.58. The van der Waals surface area contributed by atoms with Gasteiger partial charge >= 0.3 is 0 Å². The van der Waals surface area contributed by atoms with Crippen molar-refractivity contribution in [3.8, 4) is 28.1 Å². The molecule has 0 aliphatic carbocycles. The predicted molar refractivity (Wildman–Crippen MR) is 187 cm³/mol. The number of furan rings is 1. The van der Waals surface area contributed by atoms with Crippen molar-refractivity contribution in [1.82, 2.24) is 9.97 Å². The highest BCUT2D eigenvalue weighted by Crippen LogP contribution is 2.55. The molecular formula is C40H22BN3O2. The molecule has 0 N–H and O–H groups in total. The molecule has 5 nitrogen and oxygen atoms in total. The number of anilines is 2. The van der Waals surface area contributed by atoms with E-state index >= 15 is 0 Å². The van der Waals surface area contributed by atoms with Crippen molar-refractivity contribution >= 4 is 79.3 Å². The average molecular weight is 587 g/mol. The van der Waals surface area contributed by atoms with E-state index in [-0.39, 0.29) is 0 Å². The quantitative estimate of drug-likeness (QED) is 0.189. The standard InChI is InChI=1S/C40H22BN3O2/c41-30-19-10-18-29-36(24-12-2-1-3-13-24)42-40(43-37(29)30)44-38-35(34-25-14-5-4-11-23(25)21-22-32(34)46-44)27-16-7-6-15-26(27)33-28-17-8-9-20-31(28)45-39(33)38/h1-22H. The molecule has 1 aliphatic rings. The summed E-state index contributed by atoms with van der Waals surface area (Å²) in [6.07, 6.45) is 0. The SMILES string of the molecule is [B]c1cccc2c(-c3ccccc3)nc(N3Oc4ccc5ccccc5c4-c4c3c3oc5ccccc5c3c3ccccc43)nc12. The minimum Gasteiger partial charge on any atom is -0.454 e. The molecule has 6 heteroatoms. The number of hydrogen-bond donors (Lipinski definition) is 0. The van der Waals surface area contributed by atoms with Gasteiger partial charge in [0.25, 0.3) is 5.95 Å². The van der Waals surface area contributed by atoms with Crippen LogP contribution >= 0.6 is 0 Å². The van der Waals surface area contributed by atoms with E-state index in [4.69, 9.17) is 27.1 Å². The van der Waals surface area contributed by atoms with E-state index in [1.165, 1.54) is 0 Å². The molecule has 46 heavy (non-hydrogen) atoms. The van der Waals surface area contributed by atoms with Gasteiger partial charge in [0, 0.05) is 32.8 Å². The second kappa shape index (κ2) is 9.43. The Balaban J connectivity index is 1.39.